The van der Waals surface area contributed by atoms with E-state index in [0.717, 1.165) is 6.29 Å². The van der Waals surface area contributed by atoms with Gasteiger partial charge in [0.25, 0.3) is 0 Å². The first-order valence-electron chi connectivity index (χ1n) is 4.89. The van der Waals surface area contributed by atoms with E-state index >= 15 is 0 Å². The molecule has 0 saturated carbocycles. The molecule has 1 fully saturated rings. The predicted octanol–water partition coefficient (Wildman–Crippen LogP) is 0.986. The number of aldehydes is 1. The van der Waals surface area contributed by atoms with Crippen LogP contribution in [0, 0.1) is 0 Å². The SMILES string of the molecule is O=Cc1ccc(OC[C@H]2COC(=O)N2)cc1. The van der Waals surface area contributed by atoms with Crippen LogP contribution in [0.4, 0.5) is 4.79 Å². The van der Waals surface area contributed by atoms with Gasteiger partial charge in [0, 0.05) is 5.56 Å². The van der Waals surface area contributed by atoms with Gasteiger partial charge in [-0.15, -0.1) is 0 Å². The van der Waals surface area contributed by atoms with E-state index in [9.17, 15) is 9.59 Å². The maximum atomic E-state index is 10.7. The average Bonchev–Trinajstić information content (AvgIpc) is 2.73. The van der Waals surface area contributed by atoms with Crippen LogP contribution >= 0.6 is 0 Å². The fraction of sp³-hybridized carbons (Fsp3) is 0.273. The van der Waals surface area contributed by atoms with Gasteiger partial charge in [0.05, 0.1) is 0 Å². The van der Waals surface area contributed by atoms with Gasteiger partial charge in [-0.25, -0.2) is 4.79 Å². The van der Waals surface area contributed by atoms with Crippen molar-refractivity contribution in [3.05, 3.63) is 29.8 Å². The molecule has 16 heavy (non-hydrogen) atoms. The molecule has 0 aliphatic carbocycles. The normalized spacial score (nSPS) is 18.8. The van der Waals surface area contributed by atoms with Crippen LogP contribution in [-0.4, -0.2) is 31.6 Å². The topological polar surface area (TPSA) is 64.6 Å². The summed E-state index contributed by atoms with van der Waals surface area (Å²) in [5.41, 5.74) is 0.602. The third-order valence-electron chi connectivity index (χ3n) is 2.20. The minimum Gasteiger partial charge on any atom is -0.491 e. The molecular formula is C11H11NO4. The zero-order valence-electron chi connectivity index (χ0n) is 8.51. The molecule has 0 bridgehead atoms. The highest BCUT2D eigenvalue weighted by Crippen LogP contribution is 2.12. The van der Waals surface area contributed by atoms with Gasteiger partial charge < -0.3 is 14.8 Å². The molecule has 1 heterocycles. The lowest BCUT2D eigenvalue weighted by atomic mass is 10.2. The zero-order chi connectivity index (χ0) is 11.4. The fourth-order valence-electron chi connectivity index (χ4n) is 1.36. The van der Waals surface area contributed by atoms with Crippen molar-refractivity contribution in [3.8, 4) is 5.75 Å². The molecule has 1 aromatic rings. The van der Waals surface area contributed by atoms with Crippen LogP contribution in [0.3, 0.4) is 0 Å². The number of nitrogens with one attached hydrogen (secondary N) is 1. The Morgan fingerprint density at radius 3 is 2.75 bits per heavy atom. The Labute approximate surface area is 92.4 Å². The minimum absolute atomic E-state index is 0.113. The second kappa shape index (κ2) is 4.65. The summed E-state index contributed by atoms with van der Waals surface area (Å²) in [6.45, 7) is 0.678. The van der Waals surface area contributed by atoms with Crippen LogP contribution in [-0.2, 0) is 4.74 Å². The molecule has 1 aromatic carbocycles. The van der Waals surface area contributed by atoms with E-state index in [4.69, 9.17) is 9.47 Å². The molecule has 1 aliphatic rings. The van der Waals surface area contributed by atoms with E-state index in [1.165, 1.54) is 0 Å². The second-order valence-electron chi connectivity index (χ2n) is 3.44. The molecule has 84 valence electrons. The number of carbonyl (C=O) groups is 2. The van der Waals surface area contributed by atoms with Gasteiger partial charge >= 0.3 is 6.09 Å². The van der Waals surface area contributed by atoms with Crippen LogP contribution < -0.4 is 10.1 Å². The maximum absolute atomic E-state index is 10.7. The van der Waals surface area contributed by atoms with Gasteiger partial charge in [0.2, 0.25) is 0 Å². The number of cyclic esters (lactones) is 1. The Kier molecular flexibility index (Phi) is 3.05. The molecule has 0 unspecified atom stereocenters. The molecule has 5 heteroatoms. The van der Waals surface area contributed by atoms with E-state index in [-0.39, 0.29) is 6.04 Å². The Morgan fingerprint density at radius 1 is 1.44 bits per heavy atom. The highest BCUT2D eigenvalue weighted by molar-refractivity contribution is 5.74. The van der Waals surface area contributed by atoms with Gasteiger partial charge in [-0.1, -0.05) is 0 Å². The monoisotopic (exact) mass is 221 g/mol. The summed E-state index contributed by atoms with van der Waals surface area (Å²) < 4.78 is 10.1. The van der Waals surface area contributed by atoms with Gasteiger partial charge in [0.15, 0.2) is 0 Å². The third kappa shape index (κ3) is 2.50. The quantitative estimate of drug-likeness (QED) is 0.770. The lowest BCUT2D eigenvalue weighted by Crippen LogP contribution is -2.32. The van der Waals surface area contributed by atoms with Crippen molar-refractivity contribution in [1.29, 1.82) is 0 Å². The lowest BCUT2D eigenvalue weighted by molar-refractivity contribution is 0.112. The number of hydrogen-bond acceptors (Lipinski definition) is 4. The smallest absolute Gasteiger partial charge is 0.407 e. The maximum Gasteiger partial charge on any atom is 0.407 e. The molecule has 1 saturated heterocycles. The summed E-state index contributed by atoms with van der Waals surface area (Å²) >= 11 is 0. The summed E-state index contributed by atoms with van der Waals surface area (Å²) in [6.07, 6.45) is 0.361. The molecule has 1 aliphatic heterocycles. The number of alkyl carbamates (subject to hydrolysis) is 1. The molecule has 0 aromatic heterocycles. The van der Waals surface area contributed by atoms with E-state index in [0.29, 0.717) is 24.5 Å². The molecule has 5 nitrogen and oxygen atoms in total. The molecule has 1 atom stereocenters. The summed E-state index contributed by atoms with van der Waals surface area (Å²) in [5, 5.41) is 2.60. The summed E-state index contributed by atoms with van der Waals surface area (Å²) in [6, 6.07) is 6.65. The molecule has 0 spiro atoms. The Hall–Kier alpha value is -2.04. The van der Waals surface area contributed by atoms with Crippen LogP contribution in [0.1, 0.15) is 10.4 Å². The van der Waals surface area contributed by atoms with Crippen LogP contribution in [0.15, 0.2) is 24.3 Å². The molecule has 1 N–H and O–H groups in total. The van der Waals surface area contributed by atoms with E-state index in [1.807, 2.05) is 0 Å². The Balaban J connectivity index is 1.84. The van der Waals surface area contributed by atoms with Gasteiger partial charge in [-0.05, 0) is 24.3 Å². The third-order valence-corrected chi connectivity index (χ3v) is 2.20. The van der Waals surface area contributed by atoms with Crippen molar-refractivity contribution in [2.75, 3.05) is 13.2 Å². The summed E-state index contributed by atoms with van der Waals surface area (Å²) in [5.74, 6) is 0.659. The van der Waals surface area contributed by atoms with Crippen molar-refractivity contribution in [3.63, 3.8) is 0 Å². The van der Waals surface area contributed by atoms with Crippen molar-refractivity contribution in [2.24, 2.45) is 0 Å². The standard InChI is InChI=1S/C11H11NO4/c13-5-8-1-3-10(4-2-8)15-6-9-7-16-11(14)12-9/h1-5,9H,6-7H2,(H,12,14)/t9-/m0/s1. The largest absolute Gasteiger partial charge is 0.491 e. The predicted molar refractivity (Wildman–Crippen MR) is 55.6 cm³/mol. The van der Waals surface area contributed by atoms with Crippen LogP contribution in [0.5, 0.6) is 5.75 Å². The van der Waals surface area contributed by atoms with Crippen LogP contribution in [0.2, 0.25) is 0 Å². The number of hydrogen-bond donors (Lipinski definition) is 1. The van der Waals surface area contributed by atoms with Crippen molar-refractivity contribution in [1.82, 2.24) is 5.32 Å². The Bertz CT molecular complexity index is 387. The first-order chi connectivity index (χ1) is 7.78. The van der Waals surface area contributed by atoms with E-state index in [2.05, 4.69) is 5.32 Å². The van der Waals surface area contributed by atoms with Crippen LogP contribution in [0.25, 0.3) is 0 Å². The van der Waals surface area contributed by atoms with Crippen molar-refractivity contribution in [2.45, 2.75) is 6.04 Å². The molecular weight excluding hydrogens is 210 g/mol. The highest BCUT2D eigenvalue weighted by atomic mass is 16.6. The second-order valence-corrected chi connectivity index (χ2v) is 3.44. The summed E-state index contributed by atoms with van der Waals surface area (Å²) in [7, 11) is 0. The highest BCUT2D eigenvalue weighted by Gasteiger charge is 2.22. The minimum atomic E-state index is -0.412. The fourth-order valence-corrected chi connectivity index (χ4v) is 1.36. The lowest BCUT2D eigenvalue weighted by Gasteiger charge is -2.09. The molecule has 0 radical (unpaired) electrons. The first kappa shape index (κ1) is 10.5. The summed E-state index contributed by atoms with van der Waals surface area (Å²) in [4.78, 5) is 21.1. The number of rotatable bonds is 4. The first-order valence-corrected chi connectivity index (χ1v) is 4.89. The zero-order valence-corrected chi connectivity index (χ0v) is 8.51. The number of carbonyl (C=O) groups excluding carboxylic acids is 2. The van der Waals surface area contributed by atoms with E-state index < -0.39 is 6.09 Å². The Morgan fingerprint density at radius 2 is 2.19 bits per heavy atom. The average molecular weight is 221 g/mol. The van der Waals surface area contributed by atoms with Gasteiger partial charge in [-0.3, -0.25) is 4.79 Å². The van der Waals surface area contributed by atoms with Crippen molar-refractivity contribution < 1.29 is 19.1 Å². The van der Waals surface area contributed by atoms with E-state index in [1.54, 1.807) is 24.3 Å². The van der Waals surface area contributed by atoms with Crippen molar-refractivity contribution >= 4 is 12.4 Å². The number of amides is 1. The molecule has 2 rings (SSSR count). The van der Waals surface area contributed by atoms with Gasteiger partial charge in [0.1, 0.15) is 31.3 Å². The number of benzene rings is 1. The van der Waals surface area contributed by atoms with Gasteiger partial charge in [-0.2, -0.15) is 0 Å². The number of ether oxygens (including phenoxy) is 2. The molecule has 1 amide bonds.